The molecule has 150 valence electrons. The zero-order chi connectivity index (χ0) is 21.3. The van der Waals surface area contributed by atoms with Gasteiger partial charge in [0, 0.05) is 5.69 Å². The number of carbonyl (C=O) groups is 1. The number of anilines is 1. The summed E-state index contributed by atoms with van der Waals surface area (Å²) in [6, 6.07) is 17.7. The number of thiocarbonyl (C=S) groups is 1. The third kappa shape index (κ3) is 4.31. The zero-order valence-electron chi connectivity index (χ0n) is 15.7. The van der Waals surface area contributed by atoms with Gasteiger partial charge in [0.2, 0.25) is 5.89 Å². The molecule has 0 aliphatic carbocycles. The molecule has 0 radical (unpaired) electrons. The van der Waals surface area contributed by atoms with Gasteiger partial charge in [-0.05, 0) is 67.2 Å². The average molecular weight is 456 g/mol. The lowest BCUT2D eigenvalue weighted by atomic mass is 10.2. The molecular weight excluding hydrogens is 441 g/mol. The van der Waals surface area contributed by atoms with E-state index in [1.165, 1.54) is 0 Å². The maximum atomic E-state index is 12.4. The Morgan fingerprint density at radius 1 is 1.03 bits per heavy atom. The van der Waals surface area contributed by atoms with Crippen molar-refractivity contribution in [1.82, 2.24) is 10.3 Å². The van der Waals surface area contributed by atoms with Crippen LogP contribution in [0.4, 0.5) is 5.69 Å². The Morgan fingerprint density at radius 2 is 1.83 bits per heavy atom. The van der Waals surface area contributed by atoms with E-state index in [1.54, 1.807) is 42.5 Å². The Morgan fingerprint density at radius 3 is 2.63 bits per heavy atom. The molecule has 0 spiro atoms. The first-order valence-electron chi connectivity index (χ1n) is 8.95. The number of nitrogens with one attached hydrogen (secondary N) is 2. The summed E-state index contributed by atoms with van der Waals surface area (Å²) in [5.74, 6) is -0.00289. The summed E-state index contributed by atoms with van der Waals surface area (Å²) in [7, 11) is 0. The minimum absolute atomic E-state index is 0.126. The van der Waals surface area contributed by atoms with Gasteiger partial charge in [0.15, 0.2) is 10.7 Å². The number of aromatic nitrogens is 1. The van der Waals surface area contributed by atoms with E-state index in [2.05, 4.69) is 15.6 Å². The highest BCUT2D eigenvalue weighted by atomic mass is 35.5. The van der Waals surface area contributed by atoms with Crippen LogP contribution >= 0.6 is 35.4 Å². The lowest BCUT2D eigenvalue weighted by Gasteiger charge is -2.11. The van der Waals surface area contributed by atoms with Crippen LogP contribution in [0.1, 0.15) is 15.9 Å². The summed E-state index contributed by atoms with van der Waals surface area (Å²) >= 11 is 17.7. The normalized spacial score (nSPS) is 10.8. The van der Waals surface area contributed by atoms with Crippen LogP contribution in [0.2, 0.25) is 10.0 Å². The van der Waals surface area contributed by atoms with Gasteiger partial charge in [0.25, 0.3) is 5.91 Å². The highest BCUT2D eigenvalue weighted by Gasteiger charge is 2.15. The first-order valence-corrected chi connectivity index (χ1v) is 10.1. The summed E-state index contributed by atoms with van der Waals surface area (Å²) in [6.07, 6.45) is 0. The third-order valence-electron chi connectivity index (χ3n) is 4.34. The fourth-order valence-corrected chi connectivity index (χ4v) is 3.52. The molecule has 5 nitrogen and oxygen atoms in total. The van der Waals surface area contributed by atoms with Gasteiger partial charge >= 0.3 is 0 Å². The topological polar surface area (TPSA) is 67.2 Å². The van der Waals surface area contributed by atoms with Crippen LogP contribution < -0.4 is 10.6 Å². The molecule has 0 fully saturated rings. The van der Waals surface area contributed by atoms with E-state index in [0.717, 1.165) is 11.1 Å². The van der Waals surface area contributed by atoms with Crippen LogP contribution in [-0.4, -0.2) is 16.0 Å². The molecule has 2 N–H and O–H groups in total. The molecular formula is C22H15Cl2N3O2S. The van der Waals surface area contributed by atoms with Crippen LogP contribution in [0, 0.1) is 6.92 Å². The first kappa shape index (κ1) is 20.3. The fraction of sp³-hybridized carbons (Fsp3) is 0.0455. The van der Waals surface area contributed by atoms with Gasteiger partial charge in [-0.3, -0.25) is 10.1 Å². The minimum Gasteiger partial charge on any atom is -0.436 e. The number of aryl methyl sites for hydroxylation is 1. The number of amides is 1. The van der Waals surface area contributed by atoms with E-state index in [0.29, 0.717) is 38.3 Å². The second-order valence-electron chi connectivity index (χ2n) is 6.57. The zero-order valence-corrected chi connectivity index (χ0v) is 18.0. The van der Waals surface area contributed by atoms with Crippen molar-refractivity contribution in [3.05, 3.63) is 81.8 Å². The van der Waals surface area contributed by atoms with Crippen molar-refractivity contribution in [2.24, 2.45) is 0 Å². The smallest absolute Gasteiger partial charge is 0.258 e. The van der Waals surface area contributed by atoms with E-state index in [-0.39, 0.29) is 5.11 Å². The molecule has 0 bridgehead atoms. The molecule has 8 heteroatoms. The number of carbonyl (C=O) groups excluding carboxylic acids is 1. The Kier molecular flexibility index (Phi) is 5.72. The SMILES string of the molecule is Cc1ccc2nc(-c3cc(NC(=S)NC(=O)c4ccccc4Cl)ccc3Cl)oc2c1. The molecule has 1 amide bonds. The Labute approximate surface area is 188 Å². The monoisotopic (exact) mass is 455 g/mol. The summed E-state index contributed by atoms with van der Waals surface area (Å²) in [6.45, 7) is 1.98. The molecule has 0 saturated carbocycles. The molecule has 0 aliphatic rings. The summed E-state index contributed by atoms with van der Waals surface area (Å²) in [5.41, 5.74) is 4.07. The quantitative estimate of drug-likeness (QED) is 0.358. The lowest BCUT2D eigenvalue weighted by Crippen LogP contribution is -2.34. The largest absolute Gasteiger partial charge is 0.436 e. The van der Waals surface area contributed by atoms with Crippen molar-refractivity contribution in [3.8, 4) is 11.5 Å². The number of benzene rings is 3. The Bertz CT molecular complexity index is 1290. The second-order valence-corrected chi connectivity index (χ2v) is 7.80. The maximum absolute atomic E-state index is 12.4. The first-order chi connectivity index (χ1) is 14.4. The lowest BCUT2D eigenvalue weighted by molar-refractivity contribution is 0.0978. The number of halogens is 2. The summed E-state index contributed by atoms with van der Waals surface area (Å²) < 4.78 is 5.87. The van der Waals surface area contributed by atoms with Gasteiger partial charge in [-0.2, -0.15) is 0 Å². The highest BCUT2D eigenvalue weighted by molar-refractivity contribution is 7.80. The molecule has 3 aromatic carbocycles. The van der Waals surface area contributed by atoms with Gasteiger partial charge in [-0.15, -0.1) is 0 Å². The fourth-order valence-electron chi connectivity index (χ4n) is 2.89. The predicted molar refractivity (Wildman–Crippen MR) is 124 cm³/mol. The van der Waals surface area contributed by atoms with E-state index in [9.17, 15) is 4.79 Å². The van der Waals surface area contributed by atoms with Gasteiger partial charge in [0.05, 0.1) is 21.2 Å². The molecule has 1 heterocycles. The van der Waals surface area contributed by atoms with Crippen molar-refractivity contribution < 1.29 is 9.21 Å². The van der Waals surface area contributed by atoms with Crippen molar-refractivity contribution in [3.63, 3.8) is 0 Å². The molecule has 4 aromatic rings. The van der Waals surface area contributed by atoms with Crippen molar-refractivity contribution in [2.45, 2.75) is 6.92 Å². The standard InChI is InChI=1S/C22H15Cl2N3O2S/c1-12-6-9-18-19(10-12)29-21(26-18)15-11-13(7-8-17(15)24)25-22(30)27-20(28)14-4-2-3-5-16(14)23/h2-11H,1H3,(H2,25,27,28,30). The minimum atomic E-state index is -0.401. The van der Waals surface area contributed by atoms with E-state index in [4.69, 9.17) is 39.8 Å². The van der Waals surface area contributed by atoms with Crippen molar-refractivity contribution in [1.29, 1.82) is 0 Å². The van der Waals surface area contributed by atoms with Crippen LogP contribution in [0.5, 0.6) is 0 Å². The molecule has 0 atom stereocenters. The number of fused-ring (bicyclic) bond motifs is 1. The maximum Gasteiger partial charge on any atom is 0.258 e. The molecule has 1 aromatic heterocycles. The average Bonchev–Trinajstić information content (AvgIpc) is 3.12. The summed E-state index contributed by atoms with van der Waals surface area (Å²) in [5, 5.41) is 6.54. The number of rotatable bonds is 3. The molecule has 0 unspecified atom stereocenters. The van der Waals surface area contributed by atoms with Gasteiger partial charge < -0.3 is 9.73 Å². The van der Waals surface area contributed by atoms with E-state index < -0.39 is 5.91 Å². The molecule has 30 heavy (non-hydrogen) atoms. The van der Waals surface area contributed by atoms with Crippen LogP contribution in [-0.2, 0) is 0 Å². The highest BCUT2D eigenvalue weighted by Crippen LogP contribution is 2.32. The molecule has 0 aliphatic heterocycles. The van der Waals surface area contributed by atoms with Crippen LogP contribution in [0.25, 0.3) is 22.6 Å². The molecule has 0 saturated heterocycles. The van der Waals surface area contributed by atoms with Crippen LogP contribution in [0.3, 0.4) is 0 Å². The number of nitrogens with zero attached hydrogens (tertiary/aromatic N) is 1. The van der Waals surface area contributed by atoms with Crippen LogP contribution in [0.15, 0.2) is 65.1 Å². The van der Waals surface area contributed by atoms with Gasteiger partial charge in [-0.1, -0.05) is 41.4 Å². The Hall–Kier alpha value is -2.93. The van der Waals surface area contributed by atoms with E-state index >= 15 is 0 Å². The van der Waals surface area contributed by atoms with Crippen molar-refractivity contribution in [2.75, 3.05) is 5.32 Å². The van der Waals surface area contributed by atoms with Gasteiger partial charge in [-0.25, -0.2) is 4.98 Å². The van der Waals surface area contributed by atoms with E-state index in [1.807, 2.05) is 25.1 Å². The Balaban J connectivity index is 1.54. The molecule has 4 rings (SSSR count). The summed E-state index contributed by atoms with van der Waals surface area (Å²) in [4.78, 5) is 16.9. The number of hydrogen-bond acceptors (Lipinski definition) is 4. The third-order valence-corrected chi connectivity index (χ3v) is 5.21. The predicted octanol–water partition coefficient (Wildman–Crippen LogP) is 6.24. The number of hydrogen-bond donors (Lipinski definition) is 2. The van der Waals surface area contributed by atoms with Crippen molar-refractivity contribution >= 4 is 63.2 Å². The van der Waals surface area contributed by atoms with Gasteiger partial charge in [0.1, 0.15) is 5.52 Å². The second kappa shape index (κ2) is 8.44. The number of oxazole rings is 1.